The molecule has 2 unspecified atom stereocenters. The van der Waals surface area contributed by atoms with E-state index in [4.69, 9.17) is 21.1 Å². The fraction of sp³-hybridized carbons (Fsp3) is 0.500. The number of aliphatic hydroxyl groups is 1. The minimum absolute atomic E-state index is 0.306. The Balaban J connectivity index is 1.90. The molecule has 0 saturated heterocycles. The van der Waals surface area contributed by atoms with Crippen molar-refractivity contribution in [2.45, 2.75) is 33.1 Å². The molecule has 2 aromatic rings. The first-order valence-corrected chi connectivity index (χ1v) is 7.78. The van der Waals surface area contributed by atoms with E-state index in [2.05, 4.69) is 10.1 Å². The van der Waals surface area contributed by atoms with E-state index >= 15 is 0 Å². The molecule has 7 heteroatoms. The predicted octanol–water partition coefficient (Wildman–Crippen LogP) is 2.93. The zero-order valence-electron chi connectivity index (χ0n) is 13.5. The van der Waals surface area contributed by atoms with Gasteiger partial charge in [-0.1, -0.05) is 32.4 Å². The lowest BCUT2D eigenvalue weighted by Crippen LogP contribution is -2.38. The zero-order valence-corrected chi connectivity index (χ0v) is 14.3. The summed E-state index contributed by atoms with van der Waals surface area (Å²) in [6, 6.07) is 7.11. The molecule has 1 aromatic heterocycles. The molecule has 1 heterocycles. The summed E-state index contributed by atoms with van der Waals surface area (Å²) in [5, 5.41) is 15.2. The quantitative estimate of drug-likeness (QED) is 0.785. The third-order valence-corrected chi connectivity index (χ3v) is 3.56. The Morgan fingerprint density at radius 1 is 1.22 bits per heavy atom. The molecule has 0 radical (unpaired) electrons. The number of hydrogen-bond acceptors (Lipinski definition) is 5. The highest BCUT2D eigenvalue weighted by atomic mass is 35.5. The second kappa shape index (κ2) is 7.77. The number of hydrogen-bond donors (Lipinski definition) is 1. The highest BCUT2D eigenvalue weighted by molar-refractivity contribution is 6.30. The molecule has 2 rings (SSSR count). The number of rotatable bonds is 7. The number of halogens is 1. The summed E-state index contributed by atoms with van der Waals surface area (Å²) in [5.74, 6) is 0.715. The lowest BCUT2D eigenvalue weighted by Gasteiger charge is -2.32. The van der Waals surface area contributed by atoms with E-state index in [1.807, 2.05) is 20.8 Å². The van der Waals surface area contributed by atoms with Gasteiger partial charge in [0.1, 0.15) is 31.1 Å². The molecule has 0 aliphatic rings. The number of aliphatic hydroxyl groups excluding tert-OH is 1. The van der Waals surface area contributed by atoms with Gasteiger partial charge in [0, 0.05) is 5.02 Å². The van der Waals surface area contributed by atoms with E-state index in [-0.39, 0.29) is 5.41 Å². The van der Waals surface area contributed by atoms with Gasteiger partial charge in [-0.25, -0.2) is 9.67 Å². The highest BCUT2D eigenvalue weighted by Gasteiger charge is 2.33. The average molecular weight is 340 g/mol. The van der Waals surface area contributed by atoms with Crippen LogP contribution in [0.4, 0.5) is 0 Å². The molecule has 126 valence electrons. The van der Waals surface area contributed by atoms with Crippen LogP contribution in [0.15, 0.2) is 36.9 Å². The standard InChI is InChI=1S/C16H22ClN3O3/c1-16(2,3)14(21)15(20-11-18-10-19-20)23-9-8-22-13-6-4-12(17)5-7-13/h4-7,10-11,14-15,21H,8-9H2,1-3H3. The molecule has 0 fully saturated rings. The van der Waals surface area contributed by atoms with Gasteiger partial charge in [0.15, 0.2) is 6.23 Å². The summed E-state index contributed by atoms with van der Waals surface area (Å²) in [5.41, 5.74) is -0.354. The number of aromatic nitrogens is 3. The van der Waals surface area contributed by atoms with Crippen LogP contribution < -0.4 is 4.74 Å². The van der Waals surface area contributed by atoms with Crippen LogP contribution >= 0.6 is 11.6 Å². The Bertz CT molecular complexity index is 582. The van der Waals surface area contributed by atoms with E-state index in [9.17, 15) is 5.11 Å². The molecule has 0 bridgehead atoms. The van der Waals surface area contributed by atoms with Crippen molar-refractivity contribution in [2.24, 2.45) is 5.41 Å². The van der Waals surface area contributed by atoms with E-state index in [1.54, 1.807) is 24.3 Å². The van der Waals surface area contributed by atoms with E-state index in [0.717, 1.165) is 0 Å². The average Bonchev–Trinajstić information content (AvgIpc) is 3.01. The Hall–Kier alpha value is -1.63. The Kier molecular flexibility index (Phi) is 5.98. The second-order valence-electron chi connectivity index (χ2n) is 6.25. The molecule has 2 atom stereocenters. The van der Waals surface area contributed by atoms with Crippen molar-refractivity contribution in [1.82, 2.24) is 14.8 Å². The molecule has 0 aliphatic heterocycles. The topological polar surface area (TPSA) is 69.4 Å². The molecular weight excluding hydrogens is 318 g/mol. The molecule has 1 aromatic carbocycles. The summed E-state index contributed by atoms with van der Waals surface area (Å²) >= 11 is 5.83. The second-order valence-corrected chi connectivity index (χ2v) is 6.69. The zero-order chi connectivity index (χ0) is 16.9. The third-order valence-electron chi connectivity index (χ3n) is 3.31. The normalized spacial score (nSPS) is 14.5. The van der Waals surface area contributed by atoms with Gasteiger partial charge in [0.05, 0.1) is 6.61 Å². The van der Waals surface area contributed by atoms with E-state index in [1.165, 1.54) is 17.3 Å². The first-order chi connectivity index (χ1) is 10.9. The van der Waals surface area contributed by atoms with E-state index < -0.39 is 12.3 Å². The van der Waals surface area contributed by atoms with E-state index in [0.29, 0.717) is 24.0 Å². The van der Waals surface area contributed by atoms with Crippen LogP contribution in [0.25, 0.3) is 0 Å². The monoisotopic (exact) mass is 339 g/mol. The Labute approximate surface area is 141 Å². The van der Waals surface area contributed by atoms with Gasteiger partial charge in [-0.2, -0.15) is 5.10 Å². The summed E-state index contributed by atoms with van der Waals surface area (Å²) in [7, 11) is 0. The van der Waals surface area contributed by atoms with Crippen LogP contribution in [0.1, 0.15) is 27.0 Å². The minimum Gasteiger partial charge on any atom is -0.491 e. The number of benzene rings is 1. The number of ether oxygens (including phenoxy) is 2. The lowest BCUT2D eigenvalue weighted by molar-refractivity contribution is -0.129. The largest absolute Gasteiger partial charge is 0.491 e. The fourth-order valence-electron chi connectivity index (χ4n) is 1.95. The molecule has 6 nitrogen and oxygen atoms in total. The minimum atomic E-state index is -0.736. The maximum atomic E-state index is 10.5. The predicted molar refractivity (Wildman–Crippen MR) is 87.4 cm³/mol. The van der Waals surface area contributed by atoms with Gasteiger partial charge >= 0.3 is 0 Å². The summed E-state index contributed by atoms with van der Waals surface area (Å²) in [4.78, 5) is 3.91. The highest BCUT2D eigenvalue weighted by Crippen LogP contribution is 2.28. The van der Waals surface area contributed by atoms with Crippen molar-refractivity contribution in [2.75, 3.05) is 13.2 Å². The molecule has 23 heavy (non-hydrogen) atoms. The molecule has 0 amide bonds. The molecular formula is C16H22ClN3O3. The van der Waals surface area contributed by atoms with Crippen molar-refractivity contribution >= 4 is 11.6 Å². The third kappa shape index (κ3) is 5.20. The van der Waals surface area contributed by atoms with Gasteiger partial charge in [-0.3, -0.25) is 0 Å². The SMILES string of the molecule is CC(C)(C)C(O)C(OCCOc1ccc(Cl)cc1)n1cncn1. The van der Waals surface area contributed by atoms with Crippen molar-refractivity contribution in [1.29, 1.82) is 0 Å². The molecule has 0 saturated carbocycles. The van der Waals surface area contributed by atoms with Crippen LogP contribution in [0.3, 0.4) is 0 Å². The lowest BCUT2D eigenvalue weighted by atomic mass is 9.88. The van der Waals surface area contributed by atoms with Crippen LogP contribution in [0, 0.1) is 5.41 Å². The van der Waals surface area contributed by atoms with Crippen molar-refractivity contribution < 1.29 is 14.6 Å². The maximum absolute atomic E-state index is 10.5. The van der Waals surface area contributed by atoms with Crippen LogP contribution in [0.5, 0.6) is 5.75 Å². The summed E-state index contributed by atoms with van der Waals surface area (Å²) in [6.07, 6.45) is 1.58. The summed E-state index contributed by atoms with van der Waals surface area (Å²) in [6.45, 7) is 6.48. The van der Waals surface area contributed by atoms with Crippen molar-refractivity contribution in [3.05, 3.63) is 41.9 Å². The van der Waals surface area contributed by atoms with Crippen LogP contribution in [0.2, 0.25) is 5.02 Å². The Morgan fingerprint density at radius 3 is 2.48 bits per heavy atom. The van der Waals surface area contributed by atoms with Crippen LogP contribution in [-0.4, -0.2) is 39.2 Å². The Morgan fingerprint density at radius 2 is 1.91 bits per heavy atom. The van der Waals surface area contributed by atoms with Gasteiger partial charge in [-0.15, -0.1) is 0 Å². The molecule has 0 aliphatic carbocycles. The van der Waals surface area contributed by atoms with Crippen LogP contribution in [-0.2, 0) is 4.74 Å². The molecule has 1 N–H and O–H groups in total. The first-order valence-electron chi connectivity index (χ1n) is 7.40. The first kappa shape index (κ1) is 17.7. The number of nitrogens with zero attached hydrogens (tertiary/aromatic N) is 3. The maximum Gasteiger partial charge on any atom is 0.178 e. The van der Waals surface area contributed by atoms with Gasteiger partial charge in [-0.05, 0) is 29.7 Å². The fourth-order valence-corrected chi connectivity index (χ4v) is 2.07. The molecule has 0 spiro atoms. The van der Waals surface area contributed by atoms with Gasteiger partial charge in [0.2, 0.25) is 0 Å². The van der Waals surface area contributed by atoms with Crippen molar-refractivity contribution in [3.8, 4) is 5.75 Å². The smallest absolute Gasteiger partial charge is 0.178 e. The summed E-state index contributed by atoms with van der Waals surface area (Å²) < 4.78 is 12.9. The van der Waals surface area contributed by atoms with Crippen molar-refractivity contribution in [3.63, 3.8) is 0 Å². The van der Waals surface area contributed by atoms with Gasteiger partial charge in [0.25, 0.3) is 0 Å². The van der Waals surface area contributed by atoms with Gasteiger partial charge < -0.3 is 14.6 Å².